The first kappa shape index (κ1) is 23.0. The van der Waals surface area contributed by atoms with Gasteiger partial charge in [-0.25, -0.2) is 4.98 Å². The van der Waals surface area contributed by atoms with Crippen molar-refractivity contribution in [1.82, 2.24) is 14.9 Å². The number of anilines is 1. The molecule has 34 heavy (non-hydrogen) atoms. The molecule has 3 aromatic rings. The van der Waals surface area contributed by atoms with Crippen LogP contribution in [0, 0.1) is 12.3 Å². The number of piperidine rings is 1. The summed E-state index contributed by atoms with van der Waals surface area (Å²) in [4.78, 5) is 38.8. The number of amides is 1. The van der Waals surface area contributed by atoms with Gasteiger partial charge in [0.2, 0.25) is 0 Å². The zero-order chi connectivity index (χ0) is 24.3. The summed E-state index contributed by atoms with van der Waals surface area (Å²) in [6, 6.07) is 5.93. The molecule has 6 nitrogen and oxygen atoms in total. The number of rotatable bonds is 2. The normalized spacial score (nSPS) is 17.8. The summed E-state index contributed by atoms with van der Waals surface area (Å²) in [5.41, 5.74) is 4.15. The Morgan fingerprint density at radius 3 is 2.56 bits per heavy atom. The number of carbonyl (C=O) groups excluding carboxylic acids is 2. The fourth-order valence-corrected chi connectivity index (χ4v) is 6.56. The fraction of sp³-hybridized carbons (Fsp3) is 0.481. The first-order valence-corrected chi connectivity index (χ1v) is 12.8. The summed E-state index contributed by atoms with van der Waals surface area (Å²) in [5, 5.41) is 5.12. The van der Waals surface area contributed by atoms with E-state index in [0.717, 1.165) is 51.3 Å². The molecule has 2 aromatic heterocycles. The van der Waals surface area contributed by atoms with Gasteiger partial charge < -0.3 is 10.2 Å². The Balaban J connectivity index is 1.34. The Bertz CT molecular complexity index is 1300. The largest absolute Gasteiger partial charge is 0.387 e. The monoisotopic (exact) mass is 476 g/mol. The number of carbonyl (C=O) groups is 2. The molecule has 0 atom stereocenters. The fourth-order valence-electron chi connectivity index (χ4n) is 5.25. The quantitative estimate of drug-likeness (QED) is 0.537. The molecule has 3 heterocycles. The molecule has 1 aromatic carbocycles. The minimum atomic E-state index is -0.0489. The van der Waals surface area contributed by atoms with Crippen LogP contribution in [0.2, 0.25) is 0 Å². The first-order valence-electron chi connectivity index (χ1n) is 12.0. The lowest BCUT2D eigenvalue weighted by Gasteiger charge is -2.43. The number of nitrogens with one attached hydrogen (secondary N) is 1. The van der Waals surface area contributed by atoms with E-state index in [1.807, 2.05) is 43.3 Å². The number of ketones is 1. The van der Waals surface area contributed by atoms with E-state index < -0.39 is 0 Å². The SMILES string of the molecule is CNc1cnc2c(C)cc(C(=O)N3CCC4(CC3)CC(=O)c3nc(C(C)(C)C)sc3C4)cc2c1. The number of likely N-dealkylation sites (tertiary alicyclic amines) is 1. The van der Waals surface area contributed by atoms with Crippen molar-refractivity contribution in [1.29, 1.82) is 0 Å². The van der Waals surface area contributed by atoms with Crippen LogP contribution >= 0.6 is 11.3 Å². The van der Waals surface area contributed by atoms with E-state index >= 15 is 0 Å². The van der Waals surface area contributed by atoms with Crippen LogP contribution in [0.4, 0.5) is 5.69 Å². The van der Waals surface area contributed by atoms with Crippen LogP contribution in [0.5, 0.6) is 0 Å². The third-order valence-electron chi connectivity index (χ3n) is 7.29. The van der Waals surface area contributed by atoms with Crippen molar-refractivity contribution < 1.29 is 9.59 Å². The van der Waals surface area contributed by atoms with Crippen molar-refractivity contribution in [3.63, 3.8) is 0 Å². The molecule has 1 saturated heterocycles. The van der Waals surface area contributed by atoms with Gasteiger partial charge in [-0.15, -0.1) is 11.3 Å². The molecule has 7 heteroatoms. The summed E-state index contributed by atoms with van der Waals surface area (Å²) >= 11 is 1.70. The van der Waals surface area contributed by atoms with Crippen molar-refractivity contribution in [3.8, 4) is 0 Å². The number of aryl methyl sites for hydroxylation is 1. The number of hydrogen-bond donors (Lipinski definition) is 1. The number of hydrogen-bond acceptors (Lipinski definition) is 6. The minimum absolute atomic E-state index is 0.0481. The van der Waals surface area contributed by atoms with Gasteiger partial charge in [0.05, 0.1) is 22.4 Å². The molecule has 0 saturated carbocycles. The van der Waals surface area contributed by atoms with Crippen molar-refractivity contribution in [2.24, 2.45) is 5.41 Å². The maximum Gasteiger partial charge on any atom is 0.253 e. The second-order valence-corrected chi connectivity index (χ2v) is 12.0. The standard InChI is InChI=1S/C27H32N4O2S/c1-16-10-18(11-17-12-19(28-5)15-29-22(16)17)24(33)31-8-6-27(7-9-31)13-20(32)23-21(14-27)34-25(30-23)26(2,3)4/h10-12,15,28H,6-9,13-14H2,1-5H3. The smallest absolute Gasteiger partial charge is 0.253 e. The van der Waals surface area contributed by atoms with Crippen LogP contribution in [-0.4, -0.2) is 46.7 Å². The van der Waals surface area contributed by atoms with Gasteiger partial charge in [-0.2, -0.15) is 0 Å². The van der Waals surface area contributed by atoms with Gasteiger partial charge in [0.1, 0.15) is 5.69 Å². The zero-order valence-corrected chi connectivity index (χ0v) is 21.4. The topological polar surface area (TPSA) is 75.2 Å². The van der Waals surface area contributed by atoms with Gasteiger partial charge in [-0.05, 0) is 55.4 Å². The molecule has 0 bridgehead atoms. The van der Waals surface area contributed by atoms with Crippen LogP contribution in [0.25, 0.3) is 10.9 Å². The van der Waals surface area contributed by atoms with Crippen LogP contribution < -0.4 is 5.32 Å². The molecule has 1 N–H and O–H groups in total. The predicted molar refractivity (Wildman–Crippen MR) is 137 cm³/mol. The number of aromatic nitrogens is 2. The third kappa shape index (κ3) is 4.00. The van der Waals surface area contributed by atoms with E-state index in [1.54, 1.807) is 11.3 Å². The molecule has 1 fully saturated rings. The highest BCUT2D eigenvalue weighted by molar-refractivity contribution is 7.12. The lowest BCUT2D eigenvalue weighted by molar-refractivity contribution is 0.0522. The molecule has 1 aliphatic carbocycles. The molecular formula is C27H32N4O2S. The number of benzene rings is 1. The Morgan fingerprint density at radius 1 is 1.15 bits per heavy atom. The van der Waals surface area contributed by atoms with Gasteiger partial charge in [-0.3, -0.25) is 14.6 Å². The van der Waals surface area contributed by atoms with Gasteiger partial charge in [0.15, 0.2) is 5.78 Å². The maximum absolute atomic E-state index is 13.4. The minimum Gasteiger partial charge on any atom is -0.387 e. The number of thiazole rings is 1. The number of fused-ring (bicyclic) bond motifs is 2. The summed E-state index contributed by atoms with van der Waals surface area (Å²) in [5.74, 6) is 0.233. The molecule has 178 valence electrons. The van der Waals surface area contributed by atoms with Gasteiger partial charge in [-0.1, -0.05) is 20.8 Å². The van der Waals surface area contributed by atoms with Crippen molar-refractivity contribution >= 4 is 39.6 Å². The molecule has 0 radical (unpaired) electrons. The van der Waals surface area contributed by atoms with E-state index in [-0.39, 0.29) is 22.5 Å². The van der Waals surface area contributed by atoms with Crippen molar-refractivity contribution in [2.75, 3.05) is 25.5 Å². The van der Waals surface area contributed by atoms with Crippen LogP contribution in [0.1, 0.15) is 76.3 Å². The Morgan fingerprint density at radius 2 is 1.88 bits per heavy atom. The maximum atomic E-state index is 13.4. The molecule has 1 amide bonds. The lowest BCUT2D eigenvalue weighted by Crippen LogP contribution is -2.46. The highest BCUT2D eigenvalue weighted by Gasteiger charge is 2.43. The third-order valence-corrected chi connectivity index (χ3v) is 8.78. The Labute approximate surface area is 204 Å². The molecule has 1 spiro atoms. The average Bonchev–Trinajstić information content (AvgIpc) is 3.23. The predicted octanol–water partition coefficient (Wildman–Crippen LogP) is 5.39. The van der Waals surface area contributed by atoms with Crippen molar-refractivity contribution in [2.45, 2.75) is 58.8 Å². The van der Waals surface area contributed by atoms with E-state index in [2.05, 4.69) is 31.1 Å². The van der Waals surface area contributed by atoms with Crippen LogP contribution in [0.3, 0.4) is 0 Å². The molecule has 1 aliphatic heterocycles. The lowest BCUT2D eigenvalue weighted by atomic mass is 9.68. The summed E-state index contributed by atoms with van der Waals surface area (Å²) in [6.07, 6.45) is 4.96. The average molecular weight is 477 g/mol. The molecule has 0 unspecified atom stereocenters. The number of nitrogens with zero attached hydrogens (tertiary/aromatic N) is 3. The van der Waals surface area contributed by atoms with Gasteiger partial charge >= 0.3 is 0 Å². The van der Waals surface area contributed by atoms with E-state index in [9.17, 15) is 9.59 Å². The van der Waals surface area contributed by atoms with E-state index in [1.165, 1.54) is 0 Å². The summed E-state index contributed by atoms with van der Waals surface area (Å²) in [7, 11) is 1.86. The molecule has 2 aliphatic rings. The van der Waals surface area contributed by atoms with E-state index in [4.69, 9.17) is 4.98 Å². The van der Waals surface area contributed by atoms with Gasteiger partial charge in [0.25, 0.3) is 5.91 Å². The second-order valence-electron chi connectivity index (χ2n) is 10.9. The van der Waals surface area contributed by atoms with E-state index in [0.29, 0.717) is 30.8 Å². The number of pyridine rings is 1. The second kappa shape index (κ2) is 8.15. The molecule has 5 rings (SSSR count). The summed E-state index contributed by atoms with van der Waals surface area (Å²) in [6.45, 7) is 9.79. The highest BCUT2D eigenvalue weighted by atomic mass is 32.1. The zero-order valence-electron chi connectivity index (χ0n) is 20.6. The Kier molecular flexibility index (Phi) is 5.51. The summed E-state index contributed by atoms with van der Waals surface area (Å²) < 4.78 is 0. The van der Waals surface area contributed by atoms with Crippen LogP contribution in [-0.2, 0) is 11.8 Å². The highest BCUT2D eigenvalue weighted by Crippen LogP contribution is 2.46. The van der Waals surface area contributed by atoms with Crippen molar-refractivity contribution in [3.05, 3.63) is 51.1 Å². The Hall–Kier alpha value is -2.80. The molecular weight excluding hydrogens is 444 g/mol. The number of Topliss-reactive ketones (excluding diaryl/α,β-unsaturated/α-hetero) is 1. The van der Waals surface area contributed by atoms with Gasteiger partial charge in [0, 0.05) is 47.8 Å². The van der Waals surface area contributed by atoms with Crippen LogP contribution in [0.15, 0.2) is 24.4 Å². The first-order chi connectivity index (χ1) is 16.1.